The number of anilines is 2. The van der Waals surface area contributed by atoms with Gasteiger partial charge in [0, 0.05) is 18.9 Å². The van der Waals surface area contributed by atoms with Gasteiger partial charge in [0.1, 0.15) is 0 Å². The summed E-state index contributed by atoms with van der Waals surface area (Å²) in [5, 5.41) is 1.53. The van der Waals surface area contributed by atoms with Crippen LogP contribution in [0.15, 0.2) is 65.6 Å². The van der Waals surface area contributed by atoms with E-state index < -0.39 is 10.0 Å². The minimum absolute atomic E-state index is 0.0967. The molecule has 0 spiro atoms. The number of para-hydroxylation sites is 1. The van der Waals surface area contributed by atoms with E-state index in [-0.39, 0.29) is 10.8 Å². The summed E-state index contributed by atoms with van der Waals surface area (Å²) in [7, 11) is -3.80. The normalized spacial score (nSPS) is 13.7. The van der Waals surface area contributed by atoms with Crippen LogP contribution in [0.3, 0.4) is 0 Å². The zero-order chi connectivity index (χ0) is 18.3. The summed E-state index contributed by atoms with van der Waals surface area (Å²) in [5.74, 6) is -0.0967. The van der Waals surface area contributed by atoms with E-state index in [0.29, 0.717) is 23.3 Å². The molecule has 6 heteroatoms. The molecule has 1 heterocycles. The summed E-state index contributed by atoms with van der Waals surface area (Å²) < 4.78 is 28.8. The molecular formula is C20H18N2O3S. The number of carbonyl (C=O) groups excluding carboxylic acids is 1. The monoisotopic (exact) mass is 366 g/mol. The molecule has 3 aromatic rings. The highest BCUT2D eigenvalue weighted by Crippen LogP contribution is 2.37. The first-order chi connectivity index (χ1) is 12.5. The molecule has 4 rings (SSSR count). The Morgan fingerprint density at radius 2 is 1.73 bits per heavy atom. The molecule has 0 aromatic heterocycles. The summed E-state index contributed by atoms with van der Waals surface area (Å²) in [6, 6.07) is 18.0. The van der Waals surface area contributed by atoms with Crippen LogP contribution in [-0.2, 0) is 21.2 Å². The van der Waals surface area contributed by atoms with E-state index in [2.05, 4.69) is 4.72 Å². The van der Waals surface area contributed by atoms with Crippen molar-refractivity contribution in [3.63, 3.8) is 0 Å². The van der Waals surface area contributed by atoms with Gasteiger partial charge in [-0.15, -0.1) is 0 Å². The van der Waals surface area contributed by atoms with E-state index in [1.54, 1.807) is 29.2 Å². The molecule has 0 unspecified atom stereocenters. The van der Waals surface area contributed by atoms with Gasteiger partial charge in [0.2, 0.25) is 5.91 Å². The Morgan fingerprint density at radius 1 is 1.00 bits per heavy atom. The molecule has 1 N–H and O–H groups in total. The quantitative estimate of drug-likeness (QED) is 0.771. The third-order valence-electron chi connectivity index (χ3n) is 4.66. The third kappa shape index (κ3) is 2.72. The Labute approximate surface area is 152 Å². The van der Waals surface area contributed by atoms with Crippen molar-refractivity contribution in [2.75, 3.05) is 16.2 Å². The van der Waals surface area contributed by atoms with Gasteiger partial charge >= 0.3 is 0 Å². The van der Waals surface area contributed by atoms with E-state index >= 15 is 0 Å². The molecule has 0 radical (unpaired) electrons. The molecule has 0 bridgehead atoms. The van der Waals surface area contributed by atoms with Gasteiger partial charge in [-0.3, -0.25) is 9.52 Å². The SMILES string of the molecule is CC(=O)N1CCc2cccc(NS(=O)(=O)c3cccc4ccccc34)c21. The maximum Gasteiger partial charge on any atom is 0.262 e. The Hall–Kier alpha value is -2.86. The highest BCUT2D eigenvalue weighted by Gasteiger charge is 2.27. The summed E-state index contributed by atoms with van der Waals surface area (Å²) in [5.41, 5.74) is 2.06. The molecule has 132 valence electrons. The molecule has 5 nitrogen and oxygen atoms in total. The first kappa shape index (κ1) is 16.6. The van der Waals surface area contributed by atoms with Crippen molar-refractivity contribution in [2.24, 2.45) is 0 Å². The highest BCUT2D eigenvalue weighted by molar-refractivity contribution is 7.93. The lowest BCUT2D eigenvalue weighted by molar-refractivity contribution is -0.116. The minimum atomic E-state index is -3.80. The maximum atomic E-state index is 13.1. The molecule has 0 atom stereocenters. The maximum absolute atomic E-state index is 13.1. The molecule has 3 aromatic carbocycles. The number of nitrogens with one attached hydrogen (secondary N) is 1. The van der Waals surface area contributed by atoms with E-state index in [4.69, 9.17) is 0 Å². The highest BCUT2D eigenvalue weighted by atomic mass is 32.2. The van der Waals surface area contributed by atoms with Crippen molar-refractivity contribution in [2.45, 2.75) is 18.2 Å². The summed E-state index contributed by atoms with van der Waals surface area (Å²) >= 11 is 0. The van der Waals surface area contributed by atoms with Crippen molar-refractivity contribution >= 4 is 38.1 Å². The zero-order valence-corrected chi connectivity index (χ0v) is 15.1. The van der Waals surface area contributed by atoms with Gasteiger partial charge in [-0.25, -0.2) is 8.42 Å². The van der Waals surface area contributed by atoms with Crippen LogP contribution in [0.1, 0.15) is 12.5 Å². The second kappa shape index (κ2) is 6.14. The second-order valence-corrected chi connectivity index (χ2v) is 7.97. The lowest BCUT2D eigenvalue weighted by Gasteiger charge is -2.20. The van der Waals surface area contributed by atoms with Crippen molar-refractivity contribution in [3.8, 4) is 0 Å². The predicted octanol–water partition coefficient (Wildman–Crippen LogP) is 3.55. The Balaban J connectivity index is 1.81. The van der Waals surface area contributed by atoms with Crippen molar-refractivity contribution < 1.29 is 13.2 Å². The number of rotatable bonds is 3. The number of hydrogen-bond donors (Lipinski definition) is 1. The number of hydrogen-bond acceptors (Lipinski definition) is 3. The fraction of sp³-hybridized carbons (Fsp3) is 0.150. The third-order valence-corrected chi connectivity index (χ3v) is 6.08. The summed E-state index contributed by atoms with van der Waals surface area (Å²) in [6.45, 7) is 2.06. The van der Waals surface area contributed by atoms with E-state index in [1.807, 2.05) is 36.4 Å². The van der Waals surface area contributed by atoms with Crippen LogP contribution < -0.4 is 9.62 Å². The van der Waals surface area contributed by atoms with Gasteiger partial charge in [0.05, 0.1) is 16.3 Å². The van der Waals surface area contributed by atoms with Gasteiger partial charge in [-0.1, -0.05) is 48.5 Å². The molecule has 1 amide bonds. The van der Waals surface area contributed by atoms with Crippen LogP contribution in [0.5, 0.6) is 0 Å². The van der Waals surface area contributed by atoms with Crippen molar-refractivity contribution in [1.29, 1.82) is 0 Å². The molecular weight excluding hydrogens is 348 g/mol. The van der Waals surface area contributed by atoms with Gasteiger partial charge in [-0.05, 0) is 29.5 Å². The number of sulfonamides is 1. The number of benzene rings is 3. The summed E-state index contributed by atoms with van der Waals surface area (Å²) in [4.78, 5) is 13.8. The predicted molar refractivity (Wildman–Crippen MR) is 103 cm³/mol. The number of fused-ring (bicyclic) bond motifs is 2. The molecule has 0 aliphatic carbocycles. The first-order valence-corrected chi connectivity index (χ1v) is 9.86. The Bertz CT molecular complexity index is 1120. The molecule has 0 fully saturated rings. The average molecular weight is 366 g/mol. The first-order valence-electron chi connectivity index (χ1n) is 8.38. The largest absolute Gasteiger partial charge is 0.310 e. The van der Waals surface area contributed by atoms with Gasteiger partial charge in [0.25, 0.3) is 10.0 Å². The number of amides is 1. The van der Waals surface area contributed by atoms with Gasteiger partial charge in [-0.2, -0.15) is 0 Å². The van der Waals surface area contributed by atoms with Crippen molar-refractivity contribution in [1.82, 2.24) is 0 Å². The Morgan fingerprint density at radius 3 is 2.54 bits per heavy atom. The lowest BCUT2D eigenvalue weighted by atomic mass is 10.1. The fourth-order valence-electron chi connectivity index (χ4n) is 3.48. The van der Waals surface area contributed by atoms with E-state index in [9.17, 15) is 13.2 Å². The Kier molecular flexibility index (Phi) is 3.92. The molecule has 0 saturated heterocycles. The zero-order valence-electron chi connectivity index (χ0n) is 14.3. The van der Waals surface area contributed by atoms with Gasteiger partial charge in [0.15, 0.2) is 0 Å². The van der Waals surface area contributed by atoms with Gasteiger partial charge < -0.3 is 4.90 Å². The number of nitrogens with zero attached hydrogens (tertiary/aromatic N) is 1. The van der Waals surface area contributed by atoms with E-state index in [1.165, 1.54) is 6.92 Å². The molecule has 0 saturated carbocycles. The fourth-order valence-corrected chi connectivity index (χ4v) is 4.78. The van der Waals surface area contributed by atoms with Crippen LogP contribution in [0.4, 0.5) is 11.4 Å². The van der Waals surface area contributed by atoms with Crippen LogP contribution in [-0.4, -0.2) is 20.9 Å². The van der Waals surface area contributed by atoms with E-state index in [0.717, 1.165) is 17.4 Å². The van der Waals surface area contributed by atoms with Crippen LogP contribution in [0, 0.1) is 0 Å². The molecule has 26 heavy (non-hydrogen) atoms. The van der Waals surface area contributed by atoms with Crippen LogP contribution >= 0.6 is 0 Å². The molecule has 1 aliphatic rings. The minimum Gasteiger partial charge on any atom is -0.310 e. The second-order valence-electron chi connectivity index (χ2n) is 6.32. The smallest absolute Gasteiger partial charge is 0.262 e. The standard InChI is InChI=1S/C20H18N2O3S/c1-14(23)22-13-12-16-8-4-10-18(20(16)22)21-26(24,25)19-11-5-7-15-6-2-3-9-17(15)19/h2-11,21H,12-13H2,1H3. The average Bonchev–Trinajstić information content (AvgIpc) is 3.06. The van der Waals surface area contributed by atoms with Crippen molar-refractivity contribution in [3.05, 3.63) is 66.2 Å². The molecule has 1 aliphatic heterocycles. The topological polar surface area (TPSA) is 66.5 Å². The number of carbonyl (C=O) groups is 1. The summed E-state index contributed by atoms with van der Waals surface area (Å²) in [6.07, 6.45) is 0.721. The lowest BCUT2D eigenvalue weighted by Crippen LogP contribution is -2.27. The van der Waals surface area contributed by atoms with Crippen LogP contribution in [0.25, 0.3) is 10.8 Å². The van der Waals surface area contributed by atoms with Crippen LogP contribution in [0.2, 0.25) is 0 Å².